The first kappa shape index (κ1) is 14.9. The average molecular weight is 286 g/mol. The monoisotopic (exact) mass is 286 g/mol. The fourth-order valence-electron chi connectivity index (χ4n) is 1.83. The number of aromatic carboxylic acids is 1. The first-order valence-corrected chi connectivity index (χ1v) is 6.73. The predicted octanol–water partition coefficient (Wildman–Crippen LogP) is 2.61. The Morgan fingerprint density at radius 1 is 1.33 bits per heavy atom. The van der Waals surface area contributed by atoms with Gasteiger partial charge in [-0.05, 0) is 19.1 Å². The molecule has 2 aromatic heterocycles. The molecule has 0 aliphatic carbocycles. The highest BCUT2D eigenvalue weighted by molar-refractivity contribution is 5.87. The standard InChI is InChI=1S/C15H18N4O2/c1-9(2)14-18-10(3)6-13(19-14)17-8-12-7-11(15(20)21)4-5-16-12/h4-7,9H,8H2,1-3H3,(H,20,21)(H,17,18,19). The summed E-state index contributed by atoms with van der Waals surface area (Å²) in [4.78, 5) is 23.9. The van der Waals surface area contributed by atoms with Crippen LogP contribution in [0.25, 0.3) is 0 Å². The van der Waals surface area contributed by atoms with Gasteiger partial charge in [-0.15, -0.1) is 0 Å². The zero-order valence-electron chi connectivity index (χ0n) is 12.3. The minimum Gasteiger partial charge on any atom is -0.478 e. The van der Waals surface area contributed by atoms with Crippen molar-refractivity contribution >= 4 is 11.8 Å². The lowest BCUT2D eigenvalue weighted by Gasteiger charge is -2.10. The number of hydrogen-bond donors (Lipinski definition) is 2. The first-order chi connectivity index (χ1) is 9.95. The van der Waals surface area contributed by atoms with E-state index in [0.717, 1.165) is 11.5 Å². The molecule has 21 heavy (non-hydrogen) atoms. The van der Waals surface area contributed by atoms with Gasteiger partial charge < -0.3 is 10.4 Å². The van der Waals surface area contributed by atoms with Crippen LogP contribution in [0.3, 0.4) is 0 Å². The number of carboxylic acid groups (broad SMARTS) is 1. The molecule has 0 saturated heterocycles. The molecule has 2 N–H and O–H groups in total. The molecule has 0 bridgehead atoms. The number of nitrogens with one attached hydrogen (secondary N) is 1. The summed E-state index contributed by atoms with van der Waals surface area (Å²) < 4.78 is 0. The van der Waals surface area contributed by atoms with E-state index in [2.05, 4.69) is 20.3 Å². The van der Waals surface area contributed by atoms with Crippen molar-refractivity contribution in [2.75, 3.05) is 5.32 Å². The van der Waals surface area contributed by atoms with E-state index in [1.165, 1.54) is 12.3 Å². The summed E-state index contributed by atoms with van der Waals surface area (Å²) in [6, 6.07) is 4.87. The van der Waals surface area contributed by atoms with Gasteiger partial charge >= 0.3 is 5.97 Å². The van der Waals surface area contributed by atoms with Gasteiger partial charge in [-0.1, -0.05) is 13.8 Å². The Morgan fingerprint density at radius 2 is 2.10 bits per heavy atom. The maximum atomic E-state index is 10.9. The van der Waals surface area contributed by atoms with Crippen molar-refractivity contribution in [2.24, 2.45) is 0 Å². The minimum absolute atomic E-state index is 0.225. The second-order valence-electron chi connectivity index (χ2n) is 5.10. The number of hydrogen-bond acceptors (Lipinski definition) is 5. The molecule has 2 rings (SSSR count). The van der Waals surface area contributed by atoms with Crippen LogP contribution >= 0.6 is 0 Å². The summed E-state index contributed by atoms with van der Waals surface area (Å²) in [5.74, 6) is 0.788. The summed E-state index contributed by atoms with van der Waals surface area (Å²) in [5, 5.41) is 12.1. The fourth-order valence-corrected chi connectivity index (χ4v) is 1.83. The van der Waals surface area contributed by atoms with E-state index in [0.29, 0.717) is 18.1 Å². The van der Waals surface area contributed by atoms with Crippen molar-refractivity contribution in [3.8, 4) is 0 Å². The van der Waals surface area contributed by atoms with Crippen LogP contribution in [0.1, 0.15) is 47.3 Å². The number of anilines is 1. The number of nitrogens with zero attached hydrogens (tertiary/aromatic N) is 3. The van der Waals surface area contributed by atoms with Crippen molar-refractivity contribution < 1.29 is 9.90 Å². The SMILES string of the molecule is Cc1cc(NCc2cc(C(=O)O)ccn2)nc(C(C)C)n1. The third kappa shape index (κ3) is 3.98. The molecular weight excluding hydrogens is 268 g/mol. The molecular formula is C15H18N4O2. The third-order valence-corrected chi connectivity index (χ3v) is 2.90. The Labute approximate surface area is 123 Å². The van der Waals surface area contributed by atoms with Crippen LogP contribution in [0.4, 0.5) is 5.82 Å². The normalized spacial score (nSPS) is 10.7. The van der Waals surface area contributed by atoms with Crippen LogP contribution in [-0.2, 0) is 6.54 Å². The van der Waals surface area contributed by atoms with Crippen molar-refractivity contribution in [3.63, 3.8) is 0 Å². The lowest BCUT2D eigenvalue weighted by Crippen LogP contribution is -2.08. The van der Waals surface area contributed by atoms with Crippen molar-refractivity contribution in [3.05, 3.63) is 47.2 Å². The number of pyridine rings is 1. The Bertz CT molecular complexity index is 656. The van der Waals surface area contributed by atoms with E-state index in [-0.39, 0.29) is 11.5 Å². The van der Waals surface area contributed by atoms with Gasteiger partial charge in [-0.3, -0.25) is 4.98 Å². The fraction of sp³-hybridized carbons (Fsp3) is 0.333. The van der Waals surface area contributed by atoms with Crippen LogP contribution < -0.4 is 5.32 Å². The Morgan fingerprint density at radius 3 is 2.76 bits per heavy atom. The minimum atomic E-state index is -0.960. The molecule has 0 aliphatic heterocycles. The quantitative estimate of drug-likeness (QED) is 0.878. The number of aromatic nitrogens is 3. The Balaban J connectivity index is 2.13. The number of aryl methyl sites for hydroxylation is 1. The van der Waals surface area contributed by atoms with Crippen molar-refractivity contribution in [2.45, 2.75) is 33.2 Å². The lowest BCUT2D eigenvalue weighted by atomic mass is 10.2. The van der Waals surface area contributed by atoms with Crippen LogP contribution in [0.15, 0.2) is 24.4 Å². The summed E-state index contributed by atoms with van der Waals surface area (Å²) in [5.41, 5.74) is 1.77. The molecule has 6 heteroatoms. The van der Waals surface area contributed by atoms with Gasteiger partial charge in [0.05, 0.1) is 17.8 Å². The lowest BCUT2D eigenvalue weighted by molar-refractivity contribution is 0.0696. The smallest absolute Gasteiger partial charge is 0.335 e. The van der Waals surface area contributed by atoms with Crippen LogP contribution in [0.5, 0.6) is 0 Å². The number of rotatable bonds is 5. The highest BCUT2D eigenvalue weighted by atomic mass is 16.4. The van der Waals surface area contributed by atoms with Gasteiger partial charge in [0.15, 0.2) is 0 Å². The molecule has 6 nitrogen and oxygen atoms in total. The van der Waals surface area contributed by atoms with Gasteiger partial charge in [0.2, 0.25) is 0 Å². The highest BCUT2D eigenvalue weighted by Crippen LogP contribution is 2.14. The van der Waals surface area contributed by atoms with Gasteiger partial charge in [-0.2, -0.15) is 0 Å². The van der Waals surface area contributed by atoms with Crippen LogP contribution in [-0.4, -0.2) is 26.0 Å². The third-order valence-electron chi connectivity index (χ3n) is 2.90. The summed E-state index contributed by atoms with van der Waals surface area (Å²) in [7, 11) is 0. The van der Waals surface area contributed by atoms with E-state index in [1.54, 1.807) is 6.07 Å². The van der Waals surface area contributed by atoms with Gasteiger partial charge in [0, 0.05) is 23.9 Å². The zero-order valence-corrected chi connectivity index (χ0v) is 12.3. The average Bonchev–Trinajstić information content (AvgIpc) is 2.45. The van der Waals surface area contributed by atoms with Crippen molar-refractivity contribution in [1.29, 1.82) is 0 Å². The largest absolute Gasteiger partial charge is 0.478 e. The van der Waals surface area contributed by atoms with Gasteiger partial charge in [0.25, 0.3) is 0 Å². The van der Waals surface area contributed by atoms with Gasteiger partial charge in [-0.25, -0.2) is 14.8 Å². The van der Waals surface area contributed by atoms with Gasteiger partial charge in [0.1, 0.15) is 11.6 Å². The molecule has 0 unspecified atom stereocenters. The maximum Gasteiger partial charge on any atom is 0.335 e. The molecule has 110 valence electrons. The summed E-state index contributed by atoms with van der Waals surface area (Å²) in [6.45, 7) is 6.41. The second-order valence-corrected chi connectivity index (χ2v) is 5.10. The molecule has 2 aromatic rings. The molecule has 0 fully saturated rings. The first-order valence-electron chi connectivity index (χ1n) is 6.73. The Hall–Kier alpha value is -2.50. The number of carbonyl (C=O) groups is 1. The molecule has 0 aromatic carbocycles. The van der Waals surface area contributed by atoms with E-state index in [9.17, 15) is 4.79 Å². The maximum absolute atomic E-state index is 10.9. The van der Waals surface area contributed by atoms with E-state index in [1.807, 2.05) is 26.8 Å². The highest BCUT2D eigenvalue weighted by Gasteiger charge is 2.07. The molecule has 0 spiro atoms. The molecule has 0 amide bonds. The van der Waals surface area contributed by atoms with E-state index >= 15 is 0 Å². The van der Waals surface area contributed by atoms with Crippen LogP contribution in [0.2, 0.25) is 0 Å². The topological polar surface area (TPSA) is 88.0 Å². The molecule has 0 atom stereocenters. The van der Waals surface area contributed by atoms with Crippen molar-refractivity contribution in [1.82, 2.24) is 15.0 Å². The predicted molar refractivity (Wildman–Crippen MR) is 79.4 cm³/mol. The van der Waals surface area contributed by atoms with E-state index < -0.39 is 5.97 Å². The summed E-state index contributed by atoms with van der Waals surface area (Å²) >= 11 is 0. The van der Waals surface area contributed by atoms with Crippen LogP contribution in [0, 0.1) is 6.92 Å². The molecule has 0 aliphatic rings. The molecule has 0 saturated carbocycles. The molecule has 0 radical (unpaired) electrons. The molecule has 2 heterocycles. The zero-order chi connectivity index (χ0) is 15.4. The number of carboxylic acids is 1. The second kappa shape index (κ2) is 6.30. The Kier molecular flexibility index (Phi) is 4.47. The summed E-state index contributed by atoms with van der Waals surface area (Å²) in [6.07, 6.45) is 1.49. The van der Waals surface area contributed by atoms with E-state index in [4.69, 9.17) is 5.11 Å².